The molecule has 4 nitrogen and oxygen atoms in total. The molecule has 0 amide bonds. The molecule has 0 radical (unpaired) electrons. The van der Waals surface area contributed by atoms with E-state index >= 15 is 0 Å². The van der Waals surface area contributed by atoms with E-state index in [1.807, 2.05) is 0 Å². The van der Waals surface area contributed by atoms with Gasteiger partial charge < -0.3 is 5.11 Å². The quantitative estimate of drug-likeness (QED) is 0.887. The molecule has 1 aromatic carbocycles. The van der Waals surface area contributed by atoms with Crippen molar-refractivity contribution in [3.05, 3.63) is 30.1 Å². The second-order valence-corrected chi connectivity index (χ2v) is 6.83. The molecule has 6 heteroatoms. The maximum absolute atomic E-state index is 12.8. The van der Waals surface area contributed by atoms with Gasteiger partial charge in [0.1, 0.15) is 5.82 Å². The van der Waals surface area contributed by atoms with Crippen molar-refractivity contribution >= 4 is 10.0 Å². The Kier molecular flexibility index (Phi) is 4.23. The SMILES string of the molecule is O=S(=O)(NCC1(O)CCCCC1)c1ccc(F)cc1. The summed E-state index contributed by atoms with van der Waals surface area (Å²) in [6.45, 7) is 0.00666. The molecule has 106 valence electrons. The molecule has 0 bridgehead atoms. The number of benzene rings is 1. The number of aliphatic hydroxyl groups is 1. The standard InChI is InChI=1S/C13H18FNO3S/c14-11-4-6-12(7-5-11)19(17,18)15-10-13(16)8-2-1-3-9-13/h4-7,15-16H,1-3,8-10H2. The van der Waals surface area contributed by atoms with Gasteiger partial charge in [-0.2, -0.15) is 0 Å². The first-order chi connectivity index (χ1) is 8.91. The number of hydrogen-bond acceptors (Lipinski definition) is 3. The minimum absolute atomic E-state index is 0.00666. The van der Waals surface area contributed by atoms with Gasteiger partial charge in [0, 0.05) is 6.54 Å². The number of hydrogen-bond donors (Lipinski definition) is 2. The number of nitrogens with one attached hydrogen (secondary N) is 1. The molecule has 0 unspecified atom stereocenters. The van der Waals surface area contributed by atoms with Crippen LogP contribution in [0.3, 0.4) is 0 Å². The third-order valence-corrected chi connectivity index (χ3v) is 4.92. The summed E-state index contributed by atoms with van der Waals surface area (Å²) in [6, 6.07) is 4.62. The van der Waals surface area contributed by atoms with Crippen LogP contribution < -0.4 is 4.72 Å². The zero-order valence-corrected chi connectivity index (χ0v) is 11.4. The minimum Gasteiger partial charge on any atom is -0.389 e. The van der Waals surface area contributed by atoms with Gasteiger partial charge in [-0.25, -0.2) is 17.5 Å². The van der Waals surface area contributed by atoms with E-state index in [9.17, 15) is 17.9 Å². The van der Waals surface area contributed by atoms with E-state index in [1.165, 1.54) is 12.1 Å². The Labute approximate surface area is 112 Å². The molecule has 0 heterocycles. The number of halogens is 1. The van der Waals surface area contributed by atoms with Crippen LogP contribution in [-0.4, -0.2) is 25.7 Å². The Balaban J connectivity index is 2.03. The maximum Gasteiger partial charge on any atom is 0.240 e. The minimum atomic E-state index is -3.69. The van der Waals surface area contributed by atoms with Crippen LogP contribution in [0.2, 0.25) is 0 Å². The molecule has 1 aliphatic carbocycles. The number of sulfonamides is 1. The summed E-state index contributed by atoms with van der Waals surface area (Å²) >= 11 is 0. The second-order valence-electron chi connectivity index (χ2n) is 5.06. The molecule has 0 atom stereocenters. The molecule has 0 aliphatic heterocycles. The Morgan fingerprint density at radius 2 is 1.74 bits per heavy atom. The summed E-state index contributed by atoms with van der Waals surface area (Å²) in [5.41, 5.74) is -0.953. The van der Waals surface area contributed by atoms with Crippen molar-refractivity contribution in [2.45, 2.75) is 42.6 Å². The Morgan fingerprint density at radius 3 is 2.32 bits per heavy atom. The Hall–Kier alpha value is -0.980. The smallest absolute Gasteiger partial charge is 0.240 e. The predicted octanol–water partition coefficient (Wildman–Crippen LogP) is 1.80. The van der Waals surface area contributed by atoms with Crippen LogP contribution in [0.4, 0.5) is 4.39 Å². The number of rotatable bonds is 4. The molecular weight excluding hydrogens is 269 g/mol. The van der Waals surface area contributed by atoms with Crippen LogP contribution in [0.1, 0.15) is 32.1 Å². The second kappa shape index (κ2) is 5.56. The van der Waals surface area contributed by atoms with Gasteiger partial charge >= 0.3 is 0 Å². The van der Waals surface area contributed by atoms with Gasteiger partial charge in [-0.05, 0) is 37.1 Å². The highest BCUT2D eigenvalue weighted by atomic mass is 32.2. The summed E-state index contributed by atoms with van der Waals surface area (Å²) in [7, 11) is -3.69. The molecular formula is C13H18FNO3S. The van der Waals surface area contributed by atoms with Gasteiger partial charge in [0.2, 0.25) is 10.0 Å². The molecule has 0 aromatic heterocycles. The van der Waals surface area contributed by atoms with Crippen molar-refractivity contribution in [2.75, 3.05) is 6.54 Å². The molecule has 1 fully saturated rings. The largest absolute Gasteiger partial charge is 0.389 e. The van der Waals surface area contributed by atoms with Crippen molar-refractivity contribution in [1.82, 2.24) is 4.72 Å². The first kappa shape index (κ1) is 14.4. The van der Waals surface area contributed by atoms with Crippen LogP contribution in [0.5, 0.6) is 0 Å². The third-order valence-electron chi connectivity index (χ3n) is 3.50. The summed E-state index contributed by atoms with van der Waals surface area (Å²) in [5.74, 6) is -0.482. The fraction of sp³-hybridized carbons (Fsp3) is 0.538. The van der Waals surface area contributed by atoms with E-state index in [2.05, 4.69) is 4.72 Å². The van der Waals surface area contributed by atoms with Crippen LogP contribution in [0, 0.1) is 5.82 Å². The average Bonchev–Trinajstić information content (AvgIpc) is 2.38. The van der Waals surface area contributed by atoms with Crippen molar-refractivity contribution < 1.29 is 17.9 Å². The van der Waals surface area contributed by atoms with Crippen LogP contribution in [0.15, 0.2) is 29.2 Å². The molecule has 0 spiro atoms. The molecule has 1 aromatic rings. The van der Waals surface area contributed by atoms with Crippen LogP contribution in [0.25, 0.3) is 0 Å². The van der Waals surface area contributed by atoms with Crippen molar-refractivity contribution in [3.63, 3.8) is 0 Å². The molecule has 2 rings (SSSR count). The van der Waals surface area contributed by atoms with Gasteiger partial charge in [-0.1, -0.05) is 19.3 Å². The topological polar surface area (TPSA) is 66.4 Å². The normalized spacial score (nSPS) is 19.3. The zero-order chi connectivity index (χ0) is 13.9. The molecule has 19 heavy (non-hydrogen) atoms. The van der Waals surface area contributed by atoms with E-state index in [0.717, 1.165) is 31.4 Å². The predicted molar refractivity (Wildman–Crippen MR) is 69.6 cm³/mol. The highest BCUT2D eigenvalue weighted by Crippen LogP contribution is 2.27. The lowest BCUT2D eigenvalue weighted by atomic mass is 9.85. The summed E-state index contributed by atoms with van der Waals surface area (Å²) in [4.78, 5) is 0.00769. The third kappa shape index (κ3) is 3.75. The maximum atomic E-state index is 12.8. The van der Waals surface area contributed by atoms with Crippen LogP contribution >= 0.6 is 0 Å². The van der Waals surface area contributed by atoms with E-state index in [0.29, 0.717) is 12.8 Å². The van der Waals surface area contributed by atoms with E-state index in [-0.39, 0.29) is 11.4 Å². The molecule has 1 aliphatic rings. The van der Waals surface area contributed by atoms with E-state index in [1.54, 1.807) is 0 Å². The first-order valence-electron chi connectivity index (χ1n) is 6.39. The van der Waals surface area contributed by atoms with Gasteiger partial charge in [0.15, 0.2) is 0 Å². The average molecular weight is 287 g/mol. The lowest BCUT2D eigenvalue weighted by Gasteiger charge is -2.32. The first-order valence-corrected chi connectivity index (χ1v) is 7.87. The molecule has 2 N–H and O–H groups in total. The van der Waals surface area contributed by atoms with Crippen LogP contribution in [-0.2, 0) is 10.0 Å². The summed E-state index contributed by atoms with van der Waals surface area (Å²) in [5, 5.41) is 10.2. The van der Waals surface area contributed by atoms with Gasteiger partial charge in [0.25, 0.3) is 0 Å². The zero-order valence-electron chi connectivity index (χ0n) is 10.6. The molecule has 1 saturated carbocycles. The lowest BCUT2D eigenvalue weighted by Crippen LogP contribution is -2.44. The fourth-order valence-corrected chi connectivity index (χ4v) is 3.43. The lowest BCUT2D eigenvalue weighted by molar-refractivity contribution is 0.00945. The Morgan fingerprint density at radius 1 is 1.16 bits per heavy atom. The van der Waals surface area contributed by atoms with Gasteiger partial charge in [-0.3, -0.25) is 0 Å². The van der Waals surface area contributed by atoms with E-state index < -0.39 is 21.4 Å². The molecule has 0 saturated heterocycles. The summed E-state index contributed by atoms with van der Waals surface area (Å²) in [6.07, 6.45) is 4.12. The Bertz CT molecular complexity index is 521. The van der Waals surface area contributed by atoms with Gasteiger partial charge in [0.05, 0.1) is 10.5 Å². The monoisotopic (exact) mass is 287 g/mol. The van der Waals surface area contributed by atoms with Gasteiger partial charge in [-0.15, -0.1) is 0 Å². The summed E-state index contributed by atoms with van der Waals surface area (Å²) < 4.78 is 39.1. The highest BCUT2D eigenvalue weighted by Gasteiger charge is 2.30. The highest BCUT2D eigenvalue weighted by molar-refractivity contribution is 7.89. The van der Waals surface area contributed by atoms with E-state index in [4.69, 9.17) is 0 Å². The van der Waals surface area contributed by atoms with Crippen molar-refractivity contribution in [2.24, 2.45) is 0 Å². The fourth-order valence-electron chi connectivity index (χ4n) is 2.31. The van der Waals surface area contributed by atoms with Crippen molar-refractivity contribution in [1.29, 1.82) is 0 Å². The van der Waals surface area contributed by atoms with Crippen molar-refractivity contribution in [3.8, 4) is 0 Å².